The molecule has 0 amide bonds. The largest absolute Gasteiger partial charge is 0.382 e. The van der Waals surface area contributed by atoms with Crippen molar-refractivity contribution in [3.8, 4) is 0 Å². The summed E-state index contributed by atoms with van der Waals surface area (Å²) in [5, 5.41) is 0. The first-order valence-corrected chi connectivity index (χ1v) is 14.1. The Morgan fingerprint density at radius 1 is 0.900 bits per heavy atom. The Bertz CT molecular complexity index is 1460. The number of anilines is 1. The summed E-state index contributed by atoms with van der Waals surface area (Å²) in [6.45, 7) is 0.146. The summed E-state index contributed by atoms with van der Waals surface area (Å²) >= 11 is 0. The zero-order chi connectivity index (χ0) is 27.5. The van der Waals surface area contributed by atoms with Crippen molar-refractivity contribution >= 4 is 25.5 Å². The summed E-state index contributed by atoms with van der Waals surface area (Å²) in [4.78, 5) is 22.7. The summed E-state index contributed by atoms with van der Waals surface area (Å²) in [6.07, 6.45) is 1.82. The number of ether oxygens (including phenoxy) is 2. The highest BCUT2D eigenvalue weighted by Gasteiger charge is 2.43. The minimum absolute atomic E-state index is 0.146. The molecular weight excluding hydrogens is 527 g/mol. The van der Waals surface area contributed by atoms with Gasteiger partial charge in [0.05, 0.1) is 19.0 Å². The average Bonchev–Trinajstić information content (AvgIpc) is 3.60. The van der Waals surface area contributed by atoms with Crippen LogP contribution in [0.2, 0.25) is 0 Å². The average molecular weight is 557 g/mol. The molecule has 2 aromatic heterocycles. The van der Waals surface area contributed by atoms with E-state index in [-0.39, 0.29) is 12.4 Å². The Balaban J connectivity index is 1.37. The number of fused-ring (bicyclic) bond motifs is 1. The van der Waals surface area contributed by atoms with Crippen LogP contribution in [-0.4, -0.2) is 43.2 Å². The summed E-state index contributed by atoms with van der Waals surface area (Å²) in [7, 11) is -2.13. The number of hydrogen-bond acceptors (Lipinski definition) is 9. The van der Waals surface area contributed by atoms with Crippen molar-refractivity contribution in [2.75, 3.05) is 12.3 Å². The molecule has 6 rings (SSSR count). The molecule has 3 heterocycles. The predicted molar refractivity (Wildman–Crippen MR) is 152 cm³/mol. The number of benzene rings is 3. The van der Waals surface area contributed by atoms with Gasteiger partial charge in [0.25, 0.3) is 0 Å². The fraction of sp³-hybridized carbons (Fsp3) is 0.207. The molecule has 0 bridgehead atoms. The van der Waals surface area contributed by atoms with Crippen molar-refractivity contribution in [1.29, 1.82) is 0 Å². The second-order valence-electron chi connectivity index (χ2n) is 9.48. The van der Waals surface area contributed by atoms with Gasteiger partial charge in [0.2, 0.25) is 8.53 Å². The van der Waals surface area contributed by atoms with Crippen LogP contribution in [0.5, 0.6) is 0 Å². The molecule has 4 atom stereocenters. The molecule has 0 radical (unpaired) electrons. The van der Waals surface area contributed by atoms with E-state index in [9.17, 15) is 4.89 Å². The third-order valence-electron chi connectivity index (χ3n) is 7.13. The fourth-order valence-corrected chi connectivity index (χ4v) is 5.83. The molecule has 1 unspecified atom stereocenters. The highest BCUT2D eigenvalue weighted by atomic mass is 31.2. The van der Waals surface area contributed by atoms with E-state index in [0.717, 1.165) is 16.7 Å². The van der Waals surface area contributed by atoms with Gasteiger partial charge < -0.3 is 24.6 Å². The van der Waals surface area contributed by atoms with Crippen LogP contribution >= 0.6 is 8.53 Å². The lowest BCUT2D eigenvalue weighted by Gasteiger charge is -2.37. The van der Waals surface area contributed by atoms with Gasteiger partial charge in [-0.05, 0) is 16.7 Å². The zero-order valence-corrected chi connectivity index (χ0v) is 22.4. The van der Waals surface area contributed by atoms with Gasteiger partial charge >= 0.3 is 0 Å². The van der Waals surface area contributed by atoms with Gasteiger partial charge in [-0.15, -0.1) is 0 Å². The first-order valence-electron chi connectivity index (χ1n) is 12.9. The smallest absolute Gasteiger partial charge is 0.250 e. The second-order valence-corrected chi connectivity index (χ2v) is 10.3. The highest BCUT2D eigenvalue weighted by molar-refractivity contribution is 7.43. The third kappa shape index (κ3) is 4.97. The molecule has 5 aromatic rings. The Hall–Kier alpha value is -3.76. The molecule has 11 heteroatoms. The van der Waals surface area contributed by atoms with Crippen molar-refractivity contribution < 1.29 is 18.9 Å². The van der Waals surface area contributed by atoms with E-state index in [1.54, 1.807) is 10.9 Å². The standard InChI is InChI=1S/C29H29N6O4P/c30-27-26-28(33-18-32-27)35(19-34-26)25-16-23(39-40(31)36)24(38-25)17-37-29(20-10-4-1-5-11-20,21-12-6-2-7-13-21)22-14-8-3-9-15-22/h1-15,18-19,23-25,36H,16-17,31H2,(H2,30,32,33)/t23-,24+,25+,40?/m0/s1. The first kappa shape index (κ1) is 26.5. The lowest BCUT2D eigenvalue weighted by molar-refractivity contribution is -0.0900. The maximum absolute atomic E-state index is 9.99. The van der Waals surface area contributed by atoms with Crippen LogP contribution < -0.4 is 11.2 Å². The van der Waals surface area contributed by atoms with Crippen LogP contribution in [0.25, 0.3) is 11.2 Å². The van der Waals surface area contributed by atoms with Crippen molar-refractivity contribution in [3.63, 3.8) is 0 Å². The molecular formula is C29H29N6O4P. The van der Waals surface area contributed by atoms with E-state index >= 15 is 0 Å². The van der Waals surface area contributed by atoms with Gasteiger partial charge in [0.15, 0.2) is 11.5 Å². The Labute approximate surface area is 232 Å². The number of imidazole rings is 1. The summed E-state index contributed by atoms with van der Waals surface area (Å²) in [6, 6.07) is 30.3. The maximum atomic E-state index is 9.99. The zero-order valence-electron chi connectivity index (χ0n) is 21.5. The molecule has 0 saturated carbocycles. The Morgan fingerprint density at radius 2 is 1.48 bits per heavy atom. The monoisotopic (exact) mass is 556 g/mol. The summed E-state index contributed by atoms with van der Waals surface area (Å²) < 4.78 is 21.0. The van der Waals surface area contributed by atoms with E-state index in [2.05, 4.69) is 51.4 Å². The molecule has 1 aliphatic heterocycles. The molecule has 1 saturated heterocycles. The van der Waals surface area contributed by atoms with Gasteiger partial charge in [-0.1, -0.05) is 91.0 Å². The fourth-order valence-electron chi connectivity index (χ4n) is 5.33. The summed E-state index contributed by atoms with van der Waals surface area (Å²) in [5.41, 5.74) is 14.7. The lowest BCUT2D eigenvalue weighted by atomic mass is 9.80. The molecule has 0 aliphatic carbocycles. The number of rotatable bonds is 9. The van der Waals surface area contributed by atoms with E-state index in [0.29, 0.717) is 17.6 Å². The molecule has 40 heavy (non-hydrogen) atoms. The van der Waals surface area contributed by atoms with Crippen LogP contribution in [0.3, 0.4) is 0 Å². The Kier molecular flexibility index (Phi) is 7.53. The number of nitrogen functional groups attached to an aromatic ring is 1. The van der Waals surface area contributed by atoms with Crippen LogP contribution in [0.15, 0.2) is 104 Å². The predicted octanol–water partition coefficient (Wildman–Crippen LogP) is 4.27. The normalized spacial score (nSPS) is 20.1. The molecule has 1 fully saturated rings. The topological polar surface area (TPSA) is 144 Å². The molecule has 1 aliphatic rings. The number of hydrogen-bond donors (Lipinski definition) is 3. The van der Waals surface area contributed by atoms with Crippen molar-refractivity contribution in [2.24, 2.45) is 5.50 Å². The molecule has 5 N–H and O–H groups in total. The van der Waals surface area contributed by atoms with Crippen molar-refractivity contribution in [3.05, 3.63) is 120 Å². The van der Waals surface area contributed by atoms with Gasteiger partial charge in [-0.3, -0.25) is 10.1 Å². The Morgan fingerprint density at radius 3 is 2.02 bits per heavy atom. The van der Waals surface area contributed by atoms with Gasteiger partial charge in [-0.25, -0.2) is 15.0 Å². The SMILES string of the molecule is Nc1ncnc2c1ncn2[C@H]1C[C@H](OP(N)O)[C@@H](COC(c2ccccc2)(c2ccccc2)c2ccccc2)O1. The van der Waals surface area contributed by atoms with E-state index in [1.807, 2.05) is 54.6 Å². The second kappa shape index (κ2) is 11.4. The minimum Gasteiger partial charge on any atom is -0.382 e. The highest BCUT2D eigenvalue weighted by Crippen LogP contribution is 2.43. The van der Waals surface area contributed by atoms with Crippen molar-refractivity contribution in [1.82, 2.24) is 19.5 Å². The van der Waals surface area contributed by atoms with Crippen molar-refractivity contribution in [2.45, 2.75) is 30.5 Å². The van der Waals surface area contributed by atoms with Crippen LogP contribution in [-0.2, 0) is 19.6 Å². The number of aromatic nitrogens is 4. The van der Waals surface area contributed by atoms with E-state index in [4.69, 9.17) is 25.2 Å². The quantitative estimate of drug-likeness (QED) is 0.179. The molecule has 10 nitrogen and oxygen atoms in total. The first-order chi connectivity index (χ1) is 19.6. The third-order valence-corrected chi connectivity index (χ3v) is 7.61. The number of nitrogens with two attached hydrogens (primary N) is 2. The van der Waals surface area contributed by atoms with Gasteiger partial charge in [0.1, 0.15) is 29.8 Å². The van der Waals surface area contributed by atoms with Gasteiger partial charge in [-0.2, -0.15) is 0 Å². The van der Waals surface area contributed by atoms with Crippen LogP contribution in [0, 0.1) is 0 Å². The van der Waals surface area contributed by atoms with Crippen LogP contribution in [0.1, 0.15) is 29.3 Å². The van der Waals surface area contributed by atoms with Crippen LogP contribution in [0.4, 0.5) is 5.82 Å². The number of nitrogens with zero attached hydrogens (tertiary/aromatic N) is 4. The van der Waals surface area contributed by atoms with E-state index in [1.165, 1.54) is 6.33 Å². The van der Waals surface area contributed by atoms with E-state index < -0.39 is 32.6 Å². The lowest BCUT2D eigenvalue weighted by Crippen LogP contribution is -2.38. The summed E-state index contributed by atoms with van der Waals surface area (Å²) in [5.74, 6) is 0.286. The molecule has 0 spiro atoms. The minimum atomic E-state index is -2.13. The molecule has 204 valence electrons. The van der Waals surface area contributed by atoms with Gasteiger partial charge in [0, 0.05) is 6.42 Å². The maximum Gasteiger partial charge on any atom is 0.250 e. The molecule has 3 aromatic carbocycles.